The van der Waals surface area contributed by atoms with Crippen LogP contribution >= 0.6 is 23.2 Å². The quantitative estimate of drug-likeness (QED) is 0.482. The summed E-state index contributed by atoms with van der Waals surface area (Å²) in [6, 6.07) is 14.3. The minimum Gasteiger partial charge on any atom is -0.495 e. The summed E-state index contributed by atoms with van der Waals surface area (Å²) in [5.41, 5.74) is 1.28. The SMILES string of the molecule is COc1ccc(N(CC(=O)Nc2ccc(F)c(Cl)c2)S(=O)(=O)c2ccc(C)cc2)cc1Cl. The number of rotatable bonds is 7. The van der Waals surface area contributed by atoms with Crippen molar-refractivity contribution in [2.24, 2.45) is 0 Å². The number of aryl methyl sites for hydroxylation is 1. The number of nitrogens with zero attached hydrogens (tertiary/aromatic N) is 1. The van der Waals surface area contributed by atoms with E-state index in [4.69, 9.17) is 27.9 Å². The van der Waals surface area contributed by atoms with E-state index in [2.05, 4.69) is 5.32 Å². The average molecular weight is 497 g/mol. The Bertz CT molecular complexity index is 1250. The molecule has 0 unspecified atom stereocenters. The number of sulfonamides is 1. The third-order valence-electron chi connectivity index (χ3n) is 4.52. The Morgan fingerprint density at radius 3 is 2.31 bits per heavy atom. The van der Waals surface area contributed by atoms with Crippen LogP contribution in [0, 0.1) is 12.7 Å². The molecule has 1 N–H and O–H groups in total. The van der Waals surface area contributed by atoms with Crippen LogP contribution in [0.1, 0.15) is 5.56 Å². The predicted octanol–water partition coefficient (Wildman–Crippen LogP) is 5.28. The van der Waals surface area contributed by atoms with Crippen molar-refractivity contribution in [3.63, 3.8) is 0 Å². The highest BCUT2D eigenvalue weighted by Crippen LogP contribution is 2.32. The van der Waals surface area contributed by atoms with E-state index in [1.807, 2.05) is 6.92 Å². The first-order valence-electron chi connectivity index (χ1n) is 9.29. The lowest BCUT2D eigenvalue weighted by molar-refractivity contribution is -0.114. The Morgan fingerprint density at radius 2 is 1.72 bits per heavy atom. The van der Waals surface area contributed by atoms with Crippen LogP contribution in [0.2, 0.25) is 10.0 Å². The Balaban J connectivity index is 1.98. The Labute approximate surface area is 195 Å². The smallest absolute Gasteiger partial charge is 0.264 e. The lowest BCUT2D eigenvalue weighted by Gasteiger charge is -2.24. The molecule has 0 atom stereocenters. The van der Waals surface area contributed by atoms with Gasteiger partial charge >= 0.3 is 0 Å². The molecule has 0 saturated heterocycles. The molecule has 0 aromatic heterocycles. The van der Waals surface area contributed by atoms with E-state index in [9.17, 15) is 17.6 Å². The zero-order valence-electron chi connectivity index (χ0n) is 17.1. The number of anilines is 2. The highest BCUT2D eigenvalue weighted by Gasteiger charge is 2.28. The molecule has 0 aliphatic rings. The molecule has 10 heteroatoms. The van der Waals surface area contributed by atoms with E-state index < -0.39 is 28.3 Å². The van der Waals surface area contributed by atoms with Crippen LogP contribution < -0.4 is 14.4 Å². The maximum Gasteiger partial charge on any atom is 0.264 e. The largest absolute Gasteiger partial charge is 0.495 e. The first-order chi connectivity index (χ1) is 15.1. The molecule has 3 aromatic carbocycles. The number of benzene rings is 3. The monoisotopic (exact) mass is 496 g/mol. The third kappa shape index (κ3) is 5.32. The van der Waals surface area contributed by atoms with Gasteiger partial charge in [-0.3, -0.25) is 9.10 Å². The lowest BCUT2D eigenvalue weighted by Crippen LogP contribution is -2.38. The number of methoxy groups -OCH3 is 1. The first-order valence-corrected chi connectivity index (χ1v) is 11.5. The molecule has 6 nitrogen and oxygen atoms in total. The van der Waals surface area contributed by atoms with Crippen molar-refractivity contribution in [3.05, 3.63) is 82.1 Å². The fourth-order valence-electron chi connectivity index (χ4n) is 2.87. The second-order valence-corrected chi connectivity index (χ2v) is 9.50. The fraction of sp³-hybridized carbons (Fsp3) is 0.136. The lowest BCUT2D eigenvalue weighted by atomic mass is 10.2. The summed E-state index contributed by atoms with van der Waals surface area (Å²) in [4.78, 5) is 12.7. The van der Waals surface area contributed by atoms with Crippen LogP contribution in [-0.4, -0.2) is 28.0 Å². The molecule has 0 aliphatic carbocycles. The standard InChI is InChI=1S/C22H19Cl2FN2O4S/c1-14-3-7-17(8-4-14)32(29,30)27(16-6-10-21(31-2)19(24)12-16)13-22(28)26-15-5-9-20(25)18(23)11-15/h3-12H,13H2,1-2H3,(H,26,28). The number of amides is 1. The summed E-state index contributed by atoms with van der Waals surface area (Å²) in [6.07, 6.45) is 0. The van der Waals surface area contributed by atoms with Crippen LogP contribution in [0.25, 0.3) is 0 Å². The zero-order valence-corrected chi connectivity index (χ0v) is 19.4. The average Bonchev–Trinajstić information content (AvgIpc) is 2.75. The van der Waals surface area contributed by atoms with Crippen molar-refractivity contribution in [2.45, 2.75) is 11.8 Å². The molecule has 0 bridgehead atoms. The van der Waals surface area contributed by atoms with Crippen LogP contribution in [-0.2, 0) is 14.8 Å². The van der Waals surface area contributed by atoms with E-state index in [1.165, 1.54) is 49.6 Å². The number of carbonyl (C=O) groups is 1. The first kappa shape index (κ1) is 23.8. The maximum absolute atomic E-state index is 13.4. The minimum absolute atomic E-state index is 0.00710. The summed E-state index contributed by atoms with van der Waals surface area (Å²) in [5, 5.41) is 2.53. The molecule has 0 aliphatic heterocycles. The Morgan fingerprint density at radius 1 is 1.03 bits per heavy atom. The van der Waals surface area contributed by atoms with Gasteiger partial charge in [0, 0.05) is 5.69 Å². The van der Waals surface area contributed by atoms with Crippen molar-refractivity contribution < 1.29 is 22.3 Å². The predicted molar refractivity (Wildman–Crippen MR) is 124 cm³/mol. The summed E-state index contributed by atoms with van der Waals surface area (Å²) in [7, 11) is -2.69. The molecule has 0 spiro atoms. The van der Waals surface area contributed by atoms with E-state index >= 15 is 0 Å². The van der Waals surface area contributed by atoms with Crippen molar-refractivity contribution in [3.8, 4) is 5.75 Å². The normalized spacial score (nSPS) is 11.2. The molecular formula is C22H19Cl2FN2O4S. The van der Waals surface area contributed by atoms with Gasteiger partial charge in [-0.2, -0.15) is 0 Å². The molecule has 0 heterocycles. The fourth-order valence-corrected chi connectivity index (χ4v) is 4.71. The van der Waals surface area contributed by atoms with Crippen molar-refractivity contribution in [2.75, 3.05) is 23.3 Å². The van der Waals surface area contributed by atoms with Crippen molar-refractivity contribution >= 4 is 50.5 Å². The maximum atomic E-state index is 13.4. The van der Waals surface area contributed by atoms with Crippen LogP contribution in [0.4, 0.5) is 15.8 Å². The number of hydrogen-bond acceptors (Lipinski definition) is 4. The van der Waals surface area contributed by atoms with Crippen LogP contribution in [0.3, 0.4) is 0 Å². The molecule has 3 aromatic rings. The Kier molecular flexibility index (Phi) is 7.28. The van der Waals surface area contributed by atoms with Gasteiger partial charge in [-0.1, -0.05) is 40.9 Å². The topological polar surface area (TPSA) is 75.7 Å². The van der Waals surface area contributed by atoms with Gasteiger partial charge in [0.2, 0.25) is 5.91 Å². The van der Waals surface area contributed by atoms with Gasteiger partial charge in [-0.25, -0.2) is 12.8 Å². The molecule has 32 heavy (non-hydrogen) atoms. The summed E-state index contributed by atoms with van der Waals surface area (Å²) in [6.45, 7) is 1.27. The molecule has 0 saturated carbocycles. The van der Waals surface area contributed by atoms with E-state index in [0.29, 0.717) is 5.75 Å². The number of carbonyl (C=O) groups excluding carboxylic acids is 1. The highest BCUT2D eigenvalue weighted by molar-refractivity contribution is 7.92. The number of hydrogen-bond donors (Lipinski definition) is 1. The number of ether oxygens (including phenoxy) is 1. The Hall–Kier alpha value is -2.81. The second kappa shape index (κ2) is 9.77. The van der Waals surface area contributed by atoms with E-state index in [-0.39, 0.29) is 26.3 Å². The van der Waals surface area contributed by atoms with Gasteiger partial charge in [-0.15, -0.1) is 0 Å². The van der Waals surface area contributed by atoms with Gasteiger partial charge in [0.1, 0.15) is 18.1 Å². The van der Waals surface area contributed by atoms with Gasteiger partial charge in [-0.05, 0) is 55.5 Å². The van der Waals surface area contributed by atoms with E-state index in [0.717, 1.165) is 15.9 Å². The second-order valence-electron chi connectivity index (χ2n) is 6.82. The van der Waals surface area contributed by atoms with Crippen LogP contribution in [0.5, 0.6) is 5.75 Å². The molecule has 168 valence electrons. The van der Waals surface area contributed by atoms with Gasteiger partial charge in [0.25, 0.3) is 10.0 Å². The van der Waals surface area contributed by atoms with Crippen molar-refractivity contribution in [1.29, 1.82) is 0 Å². The van der Waals surface area contributed by atoms with Gasteiger partial charge < -0.3 is 10.1 Å². The van der Waals surface area contributed by atoms with Crippen LogP contribution in [0.15, 0.2) is 65.6 Å². The summed E-state index contributed by atoms with van der Waals surface area (Å²) < 4.78 is 46.2. The van der Waals surface area contributed by atoms with Gasteiger partial charge in [0.15, 0.2) is 0 Å². The molecule has 1 amide bonds. The molecule has 3 rings (SSSR count). The summed E-state index contributed by atoms with van der Waals surface area (Å²) in [5.74, 6) is -0.940. The molecular weight excluding hydrogens is 478 g/mol. The minimum atomic E-state index is -4.12. The molecule has 0 fully saturated rings. The van der Waals surface area contributed by atoms with Gasteiger partial charge in [0.05, 0.1) is 27.7 Å². The number of halogens is 3. The summed E-state index contributed by atoms with van der Waals surface area (Å²) >= 11 is 11.9. The molecule has 0 radical (unpaired) electrons. The number of nitrogens with one attached hydrogen (secondary N) is 1. The zero-order chi connectivity index (χ0) is 23.5. The van der Waals surface area contributed by atoms with E-state index in [1.54, 1.807) is 12.1 Å². The van der Waals surface area contributed by atoms with Crippen molar-refractivity contribution in [1.82, 2.24) is 0 Å². The highest BCUT2D eigenvalue weighted by atomic mass is 35.5. The third-order valence-corrected chi connectivity index (χ3v) is 6.90.